The number of amides is 1. The molecule has 0 aliphatic carbocycles. The monoisotopic (exact) mass is 275 g/mol. The van der Waals surface area contributed by atoms with Crippen LogP contribution in [0.25, 0.3) is 0 Å². The van der Waals surface area contributed by atoms with E-state index in [1.165, 1.54) is 12.8 Å². The second kappa shape index (κ2) is 6.13. The van der Waals surface area contributed by atoms with Gasteiger partial charge < -0.3 is 10.2 Å². The molecule has 1 unspecified atom stereocenters. The van der Waals surface area contributed by atoms with Crippen molar-refractivity contribution in [3.05, 3.63) is 0 Å². The van der Waals surface area contributed by atoms with Gasteiger partial charge in [0.15, 0.2) is 0 Å². The zero-order valence-corrected chi connectivity index (χ0v) is 11.4. The molecule has 2 aliphatic heterocycles. The van der Waals surface area contributed by atoms with Crippen molar-refractivity contribution in [1.82, 2.24) is 15.5 Å². The Labute approximate surface area is 112 Å². The van der Waals surface area contributed by atoms with Crippen molar-refractivity contribution in [2.45, 2.75) is 38.2 Å². The van der Waals surface area contributed by atoms with E-state index in [0.29, 0.717) is 6.54 Å². The molecule has 4 nitrogen and oxygen atoms in total. The molecule has 2 rings (SSSR count). The second-order valence-corrected chi connectivity index (χ2v) is 5.81. The fourth-order valence-electron chi connectivity index (χ4n) is 2.65. The molecule has 0 spiro atoms. The van der Waals surface area contributed by atoms with E-state index in [1.54, 1.807) is 0 Å². The molecule has 2 saturated heterocycles. The van der Waals surface area contributed by atoms with Crippen LogP contribution >= 0.6 is 0 Å². The molecule has 2 N–H and O–H groups in total. The number of piperidine rings is 1. The average molecular weight is 275 g/mol. The number of carbonyl (C=O) groups is 1. The lowest BCUT2D eigenvalue weighted by Gasteiger charge is -2.30. The number of alkyl halides is 2. The first kappa shape index (κ1) is 14.7. The Hall–Kier alpha value is -0.750. The summed E-state index contributed by atoms with van der Waals surface area (Å²) < 4.78 is 25.9. The summed E-state index contributed by atoms with van der Waals surface area (Å²) in [6.45, 7) is 5.34. The Morgan fingerprint density at radius 1 is 1.42 bits per heavy atom. The Morgan fingerprint density at radius 2 is 2.11 bits per heavy atom. The molecule has 6 heteroatoms. The summed E-state index contributed by atoms with van der Waals surface area (Å²) in [4.78, 5) is 14.0. The van der Waals surface area contributed by atoms with Crippen LogP contribution in [0.1, 0.15) is 26.2 Å². The number of nitrogens with one attached hydrogen (secondary N) is 2. The van der Waals surface area contributed by atoms with Crippen molar-refractivity contribution < 1.29 is 13.6 Å². The summed E-state index contributed by atoms with van der Waals surface area (Å²) in [5.41, 5.74) is 0. The minimum absolute atomic E-state index is 0.303. The van der Waals surface area contributed by atoms with E-state index >= 15 is 0 Å². The molecule has 0 aromatic rings. The quantitative estimate of drug-likeness (QED) is 0.799. The zero-order valence-electron chi connectivity index (χ0n) is 11.4. The highest BCUT2D eigenvalue weighted by Crippen LogP contribution is 2.24. The number of halogens is 2. The molecule has 2 fully saturated rings. The first-order chi connectivity index (χ1) is 8.96. The highest BCUT2D eigenvalue weighted by Gasteiger charge is 2.42. The van der Waals surface area contributed by atoms with E-state index in [4.69, 9.17) is 0 Å². The molecule has 0 aromatic heterocycles. The van der Waals surface area contributed by atoms with Crippen LogP contribution in [-0.2, 0) is 4.79 Å². The first-order valence-electron chi connectivity index (χ1n) is 7.07. The molecule has 0 bridgehead atoms. The van der Waals surface area contributed by atoms with Crippen LogP contribution in [-0.4, -0.2) is 55.5 Å². The largest absolute Gasteiger partial charge is 0.353 e. The van der Waals surface area contributed by atoms with Gasteiger partial charge in [-0.25, -0.2) is 8.78 Å². The molecule has 110 valence electrons. The standard InChI is InChI=1S/C13H23F2N3O/c1-10-2-5-18(6-3-10)7-4-16-12(19)11-8-13(14,15)9-17-11/h10-11,17H,2-9H2,1H3,(H,16,19). The third-order valence-corrected chi connectivity index (χ3v) is 4.03. The van der Waals surface area contributed by atoms with E-state index in [1.807, 2.05) is 0 Å². The summed E-state index contributed by atoms with van der Waals surface area (Å²) in [5, 5.41) is 5.31. The number of carbonyl (C=O) groups excluding carboxylic acids is 1. The van der Waals surface area contributed by atoms with Gasteiger partial charge in [-0.1, -0.05) is 6.92 Å². The molecule has 1 amide bonds. The lowest BCUT2D eigenvalue weighted by Crippen LogP contribution is -2.44. The maximum Gasteiger partial charge on any atom is 0.262 e. The fourth-order valence-corrected chi connectivity index (χ4v) is 2.65. The molecule has 2 aliphatic rings. The minimum Gasteiger partial charge on any atom is -0.353 e. The van der Waals surface area contributed by atoms with Gasteiger partial charge in [0, 0.05) is 19.5 Å². The van der Waals surface area contributed by atoms with E-state index in [0.717, 1.165) is 25.6 Å². The average Bonchev–Trinajstić information content (AvgIpc) is 2.72. The third kappa shape index (κ3) is 4.38. The van der Waals surface area contributed by atoms with Crippen LogP contribution in [0.5, 0.6) is 0 Å². The summed E-state index contributed by atoms with van der Waals surface area (Å²) in [5.74, 6) is -2.26. The lowest BCUT2D eigenvalue weighted by molar-refractivity contribution is -0.123. The Morgan fingerprint density at radius 3 is 2.68 bits per heavy atom. The van der Waals surface area contributed by atoms with Gasteiger partial charge in [-0.3, -0.25) is 10.1 Å². The van der Waals surface area contributed by atoms with Crippen molar-refractivity contribution in [1.29, 1.82) is 0 Å². The summed E-state index contributed by atoms with van der Waals surface area (Å²) in [6.07, 6.45) is 2.01. The van der Waals surface area contributed by atoms with Gasteiger partial charge in [0.1, 0.15) is 0 Å². The minimum atomic E-state index is -2.75. The van der Waals surface area contributed by atoms with Crippen molar-refractivity contribution in [2.24, 2.45) is 5.92 Å². The molecular weight excluding hydrogens is 252 g/mol. The van der Waals surface area contributed by atoms with Gasteiger partial charge in [0.05, 0.1) is 12.6 Å². The van der Waals surface area contributed by atoms with E-state index < -0.39 is 18.5 Å². The predicted molar refractivity (Wildman–Crippen MR) is 69.2 cm³/mol. The second-order valence-electron chi connectivity index (χ2n) is 5.81. The Balaban J connectivity index is 1.62. The highest BCUT2D eigenvalue weighted by atomic mass is 19.3. The summed E-state index contributed by atoms with van der Waals surface area (Å²) in [7, 11) is 0. The number of likely N-dealkylation sites (tertiary alicyclic amines) is 1. The number of hydrogen-bond donors (Lipinski definition) is 2. The van der Waals surface area contributed by atoms with Crippen LogP contribution in [0.4, 0.5) is 8.78 Å². The van der Waals surface area contributed by atoms with E-state index in [-0.39, 0.29) is 12.3 Å². The molecule has 2 heterocycles. The molecule has 0 radical (unpaired) electrons. The number of nitrogens with zero attached hydrogens (tertiary/aromatic N) is 1. The van der Waals surface area contributed by atoms with E-state index in [2.05, 4.69) is 22.5 Å². The lowest BCUT2D eigenvalue weighted by atomic mass is 9.99. The van der Waals surface area contributed by atoms with Gasteiger partial charge >= 0.3 is 0 Å². The number of rotatable bonds is 4. The number of hydrogen-bond acceptors (Lipinski definition) is 3. The zero-order chi connectivity index (χ0) is 13.9. The van der Waals surface area contributed by atoms with Crippen molar-refractivity contribution in [2.75, 3.05) is 32.7 Å². The smallest absolute Gasteiger partial charge is 0.262 e. The summed E-state index contributed by atoms with van der Waals surface area (Å²) in [6, 6.07) is -0.739. The van der Waals surface area contributed by atoms with Gasteiger partial charge in [-0.15, -0.1) is 0 Å². The predicted octanol–water partition coefficient (Wildman–Crippen LogP) is 0.832. The maximum absolute atomic E-state index is 13.0. The molecule has 19 heavy (non-hydrogen) atoms. The first-order valence-corrected chi connectivity index (χ1v) is 7.07. The van der Waals surface area contributed by atoms with Crippen LogP contribution in [0.15, 0.2) is 0 Å². The Bertz CT molecular complexity index is 317. The van der Waals surface area contributed by atoms with Crippen LogP contribution in [0.3, 0.4) is 0 Å². The Kier molecular flexibility index (Phi) is 4.73. The summed E-state index contributed by atoms with van der Waals surface area (Å²) >= 11 is 0. The maximum atomic E-state index is 13.0. The molecule has 0 saturated carbocycles. The molecule has 0 aromatic carbocycles. The van der Waals surface area contributed by atoms with Crippen molar-refractivity contribution in [3.63, 3.8) is 0 Å². The van der Waals surface area contributed by atoms with Crippen LogP contribution in [0, 0.1) is 5.92 Å². The topological polar surface area (TPSA) is 44.4 Å². The van der Waals surface area contributed by atoms with Gasteiger partial charge in [0.25, 0.3) is 5.92 Å². The molecular formula is C13H23F2N3O. The normalized spacial score (nSPS) is 28.5. The molecule has 1 atom stereocenters. The fraction of sp³-hybridized carbons (Fsp3) is 0.923. The van der Waals surface area contributed by atoms with Crippen LogP contribution in [0.2, 0.25) is 0 Å². The van der Waals surface area contributed by atoms with Gasteiger partial charge in [-0.2, -0.15) is 0 Å². The highest BCUT2D eigenvalue weighted by molar-refractivity contribution is 5.82. The van der Waals surface area contributed by atoms with Gasteiger partial charge in [0.2, 0.25) is 5.91 Å². The van der Waals surface area contributed by atoms with Crippen molar-refractivity contribution in [3.8, 4) is 0 Å². The van der Waals surface area contributed by atoms with Gasteiger partial charge in [-0.05, 0) is 31.8 Å². The van der Waals surface area contributed by atoms with Crippen LogP contribution < -0.4 is 10.6 Å². The third-order valence-electron chi connectivity index (χ3n) is 4.03. The van der Waals surface area contributed by atoms with Crippen molar-refractivity contribution >= 4 is 5.91 Å². The SMILES string of the molecule is CC1CCN(CCNC(=O)C2CC(F)(F)CN2)CC1. The van der Waals surface area contributed by atoms with E-state index in [9.17, 15) is 13.6 Å².